The molecule has 0 radical (unpaired) electrons. The number of nitrogens with one attached hydrogen (secondary N) is 1. The zero-order valence-electron chi connectivity index (χ0n) is 21.5. The predicted octanol–water partition coefficient (Wildman–Crippen LogP) is 5.06. The Bertz CT molecular complexity index is 1080. The summed E-state index contributed by atoms with van der Waals surface area (Å²) in [6, 6.07) is 7.90. The average molecular weight is 512 g/mol. The molecular weight excluding hydrogens is 473 g/mol. The van der Waals surface area contributed by atoms with Gasteiger partial charge in [0.1, 0.15) is 17.7 Å². The molecule has 0 aliphatic carbocycles. The number of carboxylic acid groups (broad SMARTS) is 1. The van der Waals surface area contributed by atoms with Crippen LogP contribution in [0.15, 0.2) is 30.3 Å². The van der Waals surface area contributed by atoms with Crippen molar-refractivity contribution in [1.82, 2.24) is 9.88 Å². The number of rotatable bonds is 10. The second-order valence-electron chi connectivity index (χ2n) is 10.4. The molecule has 8 heteroatoms. The molecule has 7 nitrogen and oxygen atoms in total. The molecule has 3 atom stereocenters. The fraction of sp³-hybridized carbons (Fsp3) is 0.586. The highest BCUT2D eigenvalue weighted by Crippen LogP contribution is 2.36. The highest BCUT2D eigenvalue weighted by atomic mass is 19.1. The second kappa shape index (κ2) is 12.3. The van der Waals surface area contributed by atoms with Gasteiger partial charge in [0.25, 0.3) is 0 Å². The molecule has 2 fully saturated rings. The number of unbranched alkanes of at least 4 members (excludes halogenated alkanes) is 1. The van der Waals surface area contributed by atoms with Crippen molar-refractivity contribution in [2.24, 2.45) is 0 Å². The number of likely N-dealkylation sites (tertiary alicyclic amines) is 1. The molecule has 2 aromatic rings. The van der Waals surface area contributed by atoms with Crippen molar-refractivity contribution in [1.29, 1.82) is 0 Å². The topological polar surface area (TPSA) is 83.9 Å². The molecule has 5 rings (SSSR count). The van der Waals surface area contributed by atoms with Crippen LogP contribution >= 0.6 is 0 Å². The van der Waals surface area contributed by atoms with Crippen molar-refractivity contribution in [2.75, 3.05) is 38.2 Å². The number of benzene rings is 1. The Hall–Kier alpha value is -2.55. The van der Waals surface area contributed by atoms with Crippen molar-refractivity contribution < 1.29 is 23.8 Å². The number of pyridine rings is 1. The van der Waals surface area contributed by atoms with Crippen molar-refractivity contribution >= 4 is 11.8 Å². The zero-order chi connectivity index (χ0) is 25.6. The van der Waals surface area contributed by atoms with Crippen LogP contribution in [0, 0.1) is 5.82 Å². The lowest BCUT2D eigenvalue weighted by molar-refractivity contribution is -0.143. The molecule has 2 N–H and O–H groups in total. The van der Waals surface area contributed by atoms with Gasteiger partial charge < -0.3 is 19.9 Å². The number of aromatic nitrogens is 1. The summed E-state index contributed by atoms with van der Waals surface area (Å²) in [5, 5.41) is 13.5. The maximum atomic E-state index is 14.3. The van der Waals surface area contributed by atoms with Gasteiger partial charge in [0, 0.05) is 38.5 Å². The van der Waals surface area contributed by atoms with Gasteiger partial charge in [0.15, 0.2) is 0 Å². The highest BCUT2D eigenvalue weighted by molar-refractivity contribution is 5.76. The Kier molecular flexibility index (Phi) is 8.69. The highest BCUT2D eigenvalue weighted by Gasteiger charge is 2.36. The number of carboxylic acids is 1. The quantitative estimate of drug-likeness (QED) is 0.432. The first kappa shape index (κ1) is 26.1. The van der Waals surface area contributed by atoms with E-state index < -0.39 is 17.8 Å². The summed E-state index contributed by atoms with van der Waals surface area (Å²) in [6.45, 7) is 3.41. The van der Waals surface area contributed by atoms with Gasteiger partial charge in [-0.15, -0.1) is 0 Å². The van der Waals surface area contributed by atoms with Crippen LogP contribution in [-0.2, 0) is 27.1 Å². The van der Waals surface area contributed by atoms with Gasteiger partial charge >= 0.3 is 5.97 Å². The van der Waals surface area contributed by atoms with Crippen LogP contribution in [-0.4, -0.2) is 59.9 Å². The summed E-state index contributed by atoms with van der Waals surface area (Å²) < 4.78 is 26.3. The number of halogens is 1. The molecule has 0 amide bonds. The molecule has 0 unspecified atom stereocenters. The van der Waals surface area contributed by atoms with Gasteiger partial charge in [-0.05, 0) is 92.7 Å². The smallest absolute Gasteiger partial charge is 0.325 e. The van der Waals surface area contributed by atoms with Crippen LogP contribution in [0.25, 0.3) is 0 Å². The molecular formula is C29H38FN3O4. The predicted molar refractivity (Wildman–Crippen MR) is 139 cm³/mol. The van der Waals surface area contributed by atoms with Crippen LogP contribution in [0.5, 0.6) is 0 Å². The molecule has 0 saturated carbocycles. The van der Waals surface area contributed by atoms with Crippen molar-refractivity contribution in [3.8, 4) is 0 Å². The first-order valence-electron chi connectivity index (χ1n) is 13.8. The molecule has 3 aliphatic rings. The molecule has 1 aromatic heterocycles. The number of fused-ring (bicyclic) bond motifs is 1. The standard InChI is InChI=1S/C29H38FN3O4/c30-21-10-12-24(26-8-2-4-17-37-26)25(18-21)27(29(34)35)33-15-13-23(19-33)36-16-3-1-7-22-11-9-20-6-5-14-31-28(20)32-22/h9-12,18,23,26-27H,1-8,13-17,19H2,(H,31,32)(H,34,35)/t23-,26-,27+/m0/s1. The minimum Gasteiger partial charge on any atom is -0.480 e. The fourth-order valence-corrected chi connectivity index (χ4v) is 5.84. The minimum absolute atomic E-state index is 0.0177. The molecule has 1 aromatic carbocycles. The Morgan fingerprint density at radius 3 is 2.97 bits per heavy atom. The Morgan fingerprint density at radius 1 is 1.22 bits per heavy atom. The molecule has 200 valence electrons. The van der Waals surface area contributed by atoms with Crippen LogP contribution in [0.2, 0.25) is 0 Å². The van der Waals surface area contributed by atoms with E-state index in [0.717, 1.165) is 81.4 Å². The van der Waals surface area contributed by atoms with Crippen molar-refractivity contribution in [3.05, 3.63) is 58.5 Å². The Morgan fingerprint density at radius 2 is 2.14 bits per heavy atom. The molecule has 2 saturated heterocycles. The number of aryl methyl sites for hydroxylation is 2. The normalized spacial score (nSPS) is 22.8. The minimum atomic E-state index is -0.963. The molecule has 0 spiro atoms. The summed E-state index contributed by atoms with van der Waals surface area (Å²) in [5.74, 6) is -0.345. The number of ether oxygens (including phenoxy) is 2. The largest absolute Gasteiger partial charge is 0.480 e. The SMILES string of the molecule is O=C(O)[C@@H](c1cc(F)ccc1[C@@H]1CCCCO1)N1CC[C@H](OCCCCc2ccc3c(n2)NCCC3)C1. The van der Waals surface area contributed by atoms with E-state index in [1.165, 1.54) is 17.7 Å². The van der Waals surface area contributed by atoms with E-state index in [4.69, 9.17) is 14.5 Å². The van der Waals surface area contributed by atoms with E-state index >= 15 is 0 Å². The first-order chi connectivity index (χ1) is 18.1. The van der Waals surface area contributed by atoms with Crippen molar-refractivity contribution in [2.45, 2.75) is 76.0 Å². The monoisotopic (exact) mass is 511 g/mol. The van der Waals surface area contributed by atoms with Gasteiger partial charge in [0.2, 0.25) is 0 Å². The second-order valence-corrected chi connectivity index (χ2v) is 10.4. The van der Waals surface area contributed by atoms with E-state index in [9.17, 15) is 14.3 Å². The number of aliphatic carboxylic acids is 1. The van der Waals surface area contributed by atoms with E-state index in [2.05, 4.69) is 17.4 Å². The first-order valence-corrected chi connectivity index (χ1v) is 13.8. The number of anilines is 1. The van der Waals surface area contributed by atoms with Gasteiger partial charge in [-0.2, -0.15) is 0 Å². The lowest BCUT2D eigenvalue weighted by Gasteiger charge is -2.30. The Balaban J connectivity index is 1.13. The number of carbonyl (C=O) groups is 1. The zero-order valence-corrected chi connectivity index (χ0v) is 21.5. The third-order valence-electron chi connectivity index (χ3n) is 7.78. The maximum absolute atomic E-state index is 14.3. The molecule has 3 aliphatic heterocycles. The van der Waals surface area contributed by atoms with E-state index in [0.29, 0.717) is 31.9 Å². The van der Waals surface area contributed by atoms with E-state index in [1.54, 1.807) is 6.07 Å². The summed E-state index contributed by atoms with van der Waals surface area (Å²) in [7, 11) is 0. The number of nitrogens with zero attached hydrogens (tertiary/aromatic N) is 2. The van der Waals surface area contributed by atoms with E-state index in [1.807, 2.05) is 4.90 Å². The lowest BCUT2D eigenvalue weighted by atomic mass is 9.92. The van der Waals surface area contributed by atoms with Crippen molar-refractivity contribution in [3.63, 3.8) is 0 Å². The molecule has 0 bridgehead atoms. The molecule has 37 heavy (non-hydrogen) atoms. The number of hydrogen-bond acceptors (Lipinski definition) is 6. The van der Waals surface area contributed by atoms with Crippen LogP contribution in [0.4, 0.5) is 10.2 Å². The van der Waals surface area contributed by atoms with Gasteiger partial charge in [-0.1, -0.05) is 12.1 Å². The third-order valence-corrected chi connectivity index (χ3v) is 7.78. The van der Waals surface area contributed by atoms with Crippen LogP contribution in [0.1, 0.15) is 79.5 Å². The number of hydrogen-bond donors (Lipinski definition) is 2. The summed E-state index contributed by atoms with van der Waals surface area (Å²) >= 11 is 0. The van der Waals surface area contributed by atoms with Gasteiger partial charge in [-0.3, -0.25) is 9.69 Å². The average Bonchev–Trinajstić information content (AvgIpc) is 3.37. The van der Waals surface area contributed by atoms with Crippen LogP contribution < -0.4 is 5.32 Å². The van der Waals surface area contributed by atoms with Gasteiger partial charge in [-0.25, -0.2) is 9.37 Å². The fourth-order valence-electron chi connectivity index (χ4n) is 5.84. The summed E-state index contributed by atoms with van der Waals surface area (Å²) in [4.78, 5) is 19.1. The summed E-state index contributed by atoms with van der Waals surface area (Å²) in [5.41, 5.74) is 3.72. The Labute approximate surface area is 218 Å². The maximum Gasteiger partial charge on any atom is 0.325 e. The third kappa shape index (κ3) is 6.48. The molecule has 4 heterocycles. The lowest BCUT2D eigenvalue weighted by Crippen LogP contribution is -2.34. The van der Waals surface area contributed by atoms with Gasteiger partial charge in [0.05, 0.1) is 12.2 Å². The van der Waals surface area contributed by atoms with Crippen LogP contribution in [0.3, 0.4) is 0 Å². The van der Waals surface area contributed by atoms with E-state index in [-0.39, 0.29) is 12.2 Å². The summed E-state index contributed by atoms with van der Waals surface area (Å²) in [6.07, 6.45) is 8.53.